The van der Waals surface area contributed by atoms with Gasteiger partial charge in [0.1, 0.15) is 11.2 Å². The van der Waals surface area contributed by atoms with Gasteiger partial charge in [0.25, 0.3) is 0 Å². The summed E-state index contributed by atoms with van der Waals surface area (Å²) >= 11 is 0. The molecule has 1 aliphatic heterocycles. The van der Waals surface area contributed by atoms with Crippen molar-refractivity contribution in [2.75, 3.05) is 13.1 Å². The van der Waals surface area contributed by atoms with Gasteiger partial charge in [-0.1, -0.05) is 12.1 Å². The van der Waals surface area contributed by atoms with Crippen molar-refractivity contribution in [3.05, 3.63) is 35.0 Å². The molecule has 0 bridgehead atoms. The van der Waals surface area contributed by atoms with Gasteiger partial charge in [0.15, 0.2) is 5.69 Å². The van der Waals surface area contributed by atoms with Gasteiger partial charge in [0.05, 0.1) is 18.7 Å². The number of hydrogen-bond donors (Lipinski definition) is 2. The van der Waals surface area contributed by atoms with Crippen LogP contribution in [-0.4, -0.2) is 30.7 Å². The molecule has 3 N–H and O–H groups in total. The maximum absolute atomic E-state index is 12.1. The zero-order valence-corrected chi connectivity index (χ0v) is 15.4. The Morgan fingerprint density at radius 1 is 1.48 bits per heavy atom. The number of quaternary nitrogens is 1. The number of rotatable bonds is 3. The molecule has 1 aromatic rings. The number of nitrogens with one attached hydrogen (secondary N) is 1. The second-order valence-electron chi connectivity index (χ2n) is 6.91. The summed E-state index contributed by atoms with van der Waals surface area (Å²) in [4.78, 5) is 12.0. The molecular formula is C18H28N4O3. The second kappa shape index (κ2) is 8.92. The van der Waals surface area contributed by atoms with Crippen LogP contribution in [0, 0.1) is 16.5 Å². The molecule has 138 valence electrons. The molecule has 2 unspecified atom stereocenters. The third kappa shape index (κ3) is 6.80. The number of carbonyl (C=O) groups is 1. The molecule has 0 aromatic heterocycles. The van der Waals surface area contributed by atoms with Crippen LogP contribution in [0.2, 0.25) is 0 Å². The van der Waals surface area contributed by atoms with Crippen LogP contribution >= 0.6 is 0 Å². The van der Waals surface area contributed by atoms with Crippen LogP contribution in [0.1, 0.15) is 50.9 Å². The van der Waals surface area contributed by atoms with E-state index in [1.165, 1.54) is 0 Å². The van der Waals surface area contributed by atoms with Crippen LogP contribution in [0.4, 0.5) is 5.69 Å². The van der Waals surface area contributed by atoms with E-state index in [0.717, 1.165) is 19.4 Å². The fraction of sp³-hybridized carbons (Fsp3) is 0.556. The molecule has 0 aliphatic carbocycles. The van der Waals surface area contributed by atoms with Crippen LogP contribution in [0.25, 0.3) is 0 Å². The SMILES string of the molecule is CC[N+](N)([O-])c1ccccc1C(=O)OC(C)(C)C.N#CC1CCCN1. The van der Waals surface area contributed by atoms with E-state index >= 15 is 0 Å². The lowest BCUT2D eigenvalue weighted by Crippen LogP contribution is -2.50. The Balaban J connectivity index is 0.000000370. The van der Waals surface area contributed by atoms with E-state index in [0.29, 0.717) is 0 Å². The Morgan fingerprint density at radius 2 is 2.12 bits per heavy atom. The van der Waals surface area contributed by atoms with Crippen molar-refractivity contribution in [1.82, 2.24) is 10.1 Å². The highest BCUT2D eigenvalue weighted by Gasteiger charge is 2.26. The summed E-state index contributed by atoms with van der Waals surface area (Å²) in [5.74, 6) is 5.08. The van der Waals surface area contributed by atoms with Gasteiger partial charge in [-0.3, -0.25) is 4.76 Å². The van der Waals surface area contributed by atoms with Crippen LogP contribution in [0.3, 0.4) is 0 Å². The van der Waals surface area contributed by atoms with Crippen molar-refractivity contribution in [3.8, 4) is 6.07 Å². The quantitative estimate of drug-likeness (QED) is 0.376. The van der Waals surface area contributed by atoms with Gasteiger partial charge >= 0.3 is 5.97 Å². The minimum Gasteiger partial charge on any atom is -0.607 e. The number of para-hydroxylation sites is 1. The molecule has 7 nitrogen and oxygen atoms in total. The van der Waals surface area contributed by atoms with Crippen molar-refractivity contribution in [2.24, 2.45) is 5.84 Å². The van der Waals surface area contributed by atoms with Gasteiger partial charge < -0.3 is 15.3 Å². The van der Waals surface area contributed by atoms with Crippen LogP contribution < -0.4 is 15.9 Å². The minimum absolute atomic E-state index is 0.139. The van der Waals surface area contributed by atoms with Crippen molar-refractivity contribution in [2.45, 2.75) is 52.2 Å². The molecule has 1 saturated heterocycles. The topological polar surface area (TPSA) is 111 Å². The summed E-state index contributed by atoms with van der Waals surface area (Å²) in [6.45, 7) is 8.15. The summed E-state index contributed by atoms with van der Waals surface area (Å²) in [6, 6.07) is 8.77. The summed E-state index contributed by atoms with van der Waals surface area (Å²) in [6.07, 6.45) is 2.20. The van der Waals surface area contributed by atoms with Gasteiger partial charge in [-0.15, -0.1) is 0 Å². The maximum atomic E-state index is 12.1. The fourth-order valence-electron chi connectivity index (χ4n) is 2.27. The lowest BCUT2D eigenvalue weighted by molar-refractivity contribution is 0.00682. The number of nitrogens with two attached hydrogens (primary N) is 1. The molecule has 1 aliphatic rings. The van der Waals surface area contributed by atoms with Gasteiger partial charge in [-0.2, -0.15) is 11.1 Å². The third-order valence-electron chi connectivity index (χ3n) is 3.62. The monoisotopic (exact) mass is 348 g/mol. The van der Waals surface area contributed by atoms with E-state index in [1.807, 2.05) is 0 Å². The predicted molar refractivity (Wildman–Crippen MR) is 98.1 cm³/mol. The maximum Gasteiger partial charge on any atom is 0.344 e. The average Bonchev–Trinajstić information content (AvgIpc) is 3.07. The highest BCUT2D eigenvalue weighted by molar-refractivity contribution is 5.95. The van der Waals surface area contributed by atoms with Crippen molar-refractivity contribution < 1.29 is 9.53 Å². The van der Waals surface area contributed by atoms with Crippen molar-refractivity contribution in [3.63, 3.8) is 0 Å². The molecule has 0 saturated carbocycles. The molecule has 0 amide bonds. The normalized spacial score (nSPS) is 19.2. The Bertz CT molecular complexity index is 611. The first-order valence-electron chi connectivity index (χ1n) is 8.44. The number of carbonyl (C=O) groups excluding carboxylic acids is 1. The molecule has 0 radical (unpaired) electrons. The smallest absolute Gasteiger partial charge is 0.344 e. The number of hydrogen-bond acceptors (Lipinski definition) is 6. The molecule has 1 fully saturated rings. The van der Waals surface area contributed by atoms with Crippen molar-refractivity contribution >= 4 is 11.7 Å². The first-order chi connectivity index (χ1) is 11.6. The minimum atomic E-state index is -1.09. The fourth-order valence-corrected chi connectivity index (χ4v) is 2.27. The average molecular weight is 348 g/mol. The van der Waals surface area contributed by atoms with Crippen LogP contribution in [0.15, 0.2) is 24.3 Å². The highest BCUT2D eigenvalue weighted by atomic mass is 16.6. The number of esters is 1. The first-order valence-corrected chi connectivity index (χ1v) is 8.44. The van der Waals surface area contributed by atoms with Gasteiger partial charge in [0.2, 0.25) is 0 Å². The molecule has 2 atom stereocenters. The summed E-state index contributed by atoms with van der Waals surface area (Å²) in [7, 11) is 0. The first kappa shape index (κ1) is 21.1. The Hall–Kier alpha value is -1.98. The number of nitriles is 1. The number of nitrogens with zero attached hydrogens (tertiary/aromatic N) is 2. The van der Waals surface area contributed by atoms with Crippen molar-refractivity contribution in [1.29, 1.82) is 5.26 Å². The number of ether oxygens (including phenoxy) is 1. The molecule has 1 aromatic carbocycles. The lowest BCUT2D eigenvalue weighted by atomic mass is 10.1. The molecule has 0 spiro atoms. The molecule has 7 heteroatoms. The van der Waals surface area contributed by atoms with Crippen LogP contribution in [0.5, 0.6) is 0 Å². The highest BCUT2D eigenvalue weighted by Crippen LogP contribution is 2.25. The number of benzene rings is 1. The van der Waals surface area contributed by atoms with E-state index in [1.54, 1.807) is 52.0 Å². The lowest BCUT2D eigenvalue weighted by Gasteiger charge is -2.35. The van der Waals surface area contributed by atoms with E-state index < -0.39 is 16.3 Å². The summed E-state index contributed by atoms with van der Waals surface area (Å²) < 4.78 is 4.17. The Kier molecular flexibility index (Phi) is 7.52. The molecule has 25 heavy (non-hydrogen) atoms. The van der Waals surface area contributed by atoms with Gasteiger partial charge in [-0.05, 0) is 53.1 Å². The molecule has 1 heterocycles. The number of hydroxylamine groups is 1. The van der Waals surface area contributed by atoms with E-state index in [-0.39, 0.29) is 23.8 Å². The van der Waals surface area contributed by atoms with Gasteiger partial charge in [-0.25, -0.2) is 4.79 Å². The van der Waals surface area contributed by atoms with E-state index in [4.69, 9.17) is 15.8 Å². The summed E-state index contributed by atoms with van der Waals surface area (Å²) in [5, 5.41) is 23.4. The second-order valence-corrected chi connectivity index (χ2v) is 6.91. The third-order valence-corrected chi connectivity index (χ3v) is 3.62. The van der Waals surface area contributed by atoms with E-state index in [2.05, 4.69) is 11.4 Å². The Morgan fingerprint density at radius 3 is 2.56 bits per heavy atom. The van der Waals surface area contributed by atoms with Crippen LogP contribution in [-0.2, 0) is 4.74 Å². The van der Waals surface area contributed by atoms with Gasteiger partial charge in [0, 0.05) is 6.07 Å². The Labute approximate surface area is 149 Å². The molecular weight excluding hydrogens is 320 g/mol. The zero-order chi connectivity index (χ0) is 19.1. The summed E-state index contributed by atoms with van der Waals surface area (Å²) in [5.41, 5.74) is -0.176. The largest absolute Gasteiger partial charge is 0.607 e. The zero-order valence-electron chi connectivity index (χ0n) is 15.4. The predicted octanol–water partition coefficient (Wildman–Crippen LogP) is 2.60. The van der Waals surface area contributed by atoms with E-state index in [9.17, 15) is 10.0 Å². The standard InChI is InChI=1S/C13H20N2O3.C5H8N2/c1-5-15(14,17)11-9-7-6-8-10(11)12(16)18-13(2,3)4;6-4-5-2-1-3-7-5/h6-9H,5,14H2,1-4H3;5,7H,1-3H2. The molecule has 2 rings (SSSR count).